The van der Waals surface area contributed by atoms with Crippen LogP contribution in [-0.2, 0) is 0 Å². The first kappa shape index (κ1) is 8.32. The summed E-state index contributed by atoms with van der Waals surface area (Å²) in [5.41, 5.74) is 1.81. The number of rotatable bonds is 0. The van der Waals surface area contributed by atoms with Crippen LogP contribution in [0.4, 0.5) is 0 Å². The molecular formula is C18H22. The third-order valence-corrected chi connectivity index (χ3v) is 11.2. The van der Waals surface area contributed by atoms with Gasteiger partial charge in [-0.1, -0.05) is 6.92 Å². The van der Waals surface area contributed by atoms with Gasteiger partial charge in [-0.3, -0.25) is 0 Å². The monoisotopic (exact) mass is 238 g/mol. The molecule has 94 valence electrons. The maximum atomic E-state index is 2.83. The predicted octanol–water partition coefficient (Wildman–Crippen LogP) is 3.43. The SMILES string of the molecule is CC12C3C4CC15C1CC6C7CC1C4CC3C5C7C62. The molecule has 0 aliphatic heterocycles. The van der Waals surface area contributed by atoms with E-state index in [0.717, 1.165) is 10.8 Å². The summed E-state index contributed by atoms with van der Waals surface area (Å²) in [6, 6.07) is 0. The van der Waals surface area contributed by atoms with Gasteiger partial charge in [-0.05, 0) is 102 Å². The maximum Gasteiger partial charge on any atom is -0.0170 e. The lowest BCUT2D eigenvalue weighted by Gasteiger charge is -2.67. The van der Waals surface area contributed by atoms with Crippen molar-refractivity contribution in [2.45, 2.75) is 32.6 Å². The zero-order valence-corrected chi connectivity index (χ0v) is 11.2. The summed E-state index contributed by atoms with van der Waals surface area (Å²) in [4.78, 5) is 0. The van der Waals surface area contributed by atoms with Gasteiger partial charge in [0.15, 0.2) is 0 Å². The Hall–Kier alpha value is 0. The lowest BCUT2D eigenvalue weighted by atomic mass is 9.37. The van der Waals surface area contributed by atoms with Gasteiger partial charge >= 0.3 is 0 Å². The highest BCUT2D eigenvalue weighted by Gasteiger charge is 2.95. The molecule has 0 amide bonds. The van der Waals surface area contributed by atoms with Crippen molar-refractivity contribution in [3.05, 3.63) is 0 Å². The zero-order chi connectivity index (χ0) is 11.2. The second-order valence-corrected chi connectivity index (χ2v) is 9.98. The van der Waals surface area contributed by atoms with Crippen LogP contribution < -0.4 is 0 Å². The van der Waals surface area contributed by atoms with Crippen LogP contribution in [0.1, 0.15) is 32.6 Å². The first-order valence-corrected chi connectivity index (χ1v) is 8.78. The highest BCUT2D eigenvalue weighted by Crippen LogP contribution is 2.99. The molecule has 13 unspecified atom stereocenters. The molecule has 8 fully saturated rings. The second kappa shape index (κ2) is 1.81. The summed E-state index contributed by atoms with van der Waals surface area (Å²) < 4.78 is 0. The molecule has 0 heterocycles. The fourth-order valence-corrected chi connectivity index (χ4v) is 12.0. The molecule has 18 heavy (non-hydrogen) atoms. The van der Waals surface area contributed by atoms with Crippen molar-refractivity contribution < 1.29 is 0 Å². The van der Waals surface area contributed by atoms with Crippen LogP contribution in [0.15, 0.2) is 0 Å². The molecule has 0 aromatic rings. The molecule has 8 rings (SSSR count). The van der Waals surface area contributed by atoms with E-state index in [1.54, 1.807) is 25.7 Å². The van der Waals surface area contributed by atoms with E-state index in [2.05, 4.69) is 6.92 Å². The molecule has 0 heteroatoms. The molecule has 0 aromatic heterocycles. The largest absolute Gasteiger partial charge is 0.0585 e. The third-order valence-electron chi connectivity index (χ3n) is 11.2. The second-order valence-electron chi connectivity index (χ2n) is 9.98. The lowest BCUT2D eigenvalue weighted by Crippen LogP contribution is -2.62. The number of fused-ring (bicyclic) bond motifs is 4. The first-order valence-electron chi connectivity index (χ1n) is 8.78. The van der Waals surface area contributed by atoms with Crippen molar-refractivity contribution in [3.63, 3.8) is 0 Å². The first-order chi connectivity index (χ1) is 8.78. The molecule has 8 saturated carbocycles. The van der Waals surface area contributed by atoms with Gasteiger partial charge in [0.05, 0.1) is 0 Å². The van der Waals surface area contributed by atoms with Gasteiger partial charge in [0, 0.05) is 0 Å². The summed E-state index contributed by atoms with van der Waals surface area (Å²) in [6.07, 6.45) is 6.86. The van der Waals surface area contributed by atoms with E-state index in [-0.39, 0.29) is 0 Å². The van der Waals surface area contributed by atoms with E-state index >= 15 is 0 Å². The van der Waals surface area contributed by atoms with Crippen LogP contribution >= 0.6 is 0 Å². The van der Waals surface area contributed by atoms with Crippen LogP contribution in [0.5, 0.6) is 0 Å². The number of hydrogen-bond donors (Lipinski definition) is 0. The minimum atomic E-state index is 0.881. The van der Waals surface area contributed by atoms with Gasteiger partial charge in [-0.15, -0.1) is 0 Å². The van der Waals surface area contributed by atoms with Crippen molar-refractivity contribution in [1.29, 1.82) is 0 Å². The molecule has 9 bridgehead atoms. The Labute approximate surface area is 109 Å². The minimum Gasteiger partial charge on any atom is -0.0585 e. The number of hydrogen-bond acceptors (Lipinski definition) is 0. The van der Waals surface area contributed by atoms with Crippen LogP contribution in [0.25, 0.3) is 0 Å². The molecule has 0 saturated heterocycles. The van der Waals surface area contributed by atoms with Crippen molar-refractivity contribution >= 4 is 0 Å². The molecule has 0 aromatic carbocycles. The lowest BCUT2D eigenvalue weighted by molar-refractivity contribution is -0.200. The Balaban J connectivity index is 1.65. The quantitative estimate of drug-likeness (QED) is 0.606. The highest BCUT2D eigenvalue weighted by atomic mass is 15.0. The molecule has 0 spiro atoms. The fraction of sp³-hybridized carbons (Fsp3) is 1.00. The molecular weight excluding hydrogens is 216 g/mol. The summed E-state index contributed by atoms with van der Waals surface area (Å²) in [5.74, 6) is 13.7. The average molecular weight is 238 g/mol. The van der Waals surface area contributed by atoms with E-state index in [0.29, 0.717) is 0 Å². The average Bonchev–Trinajstić information content (AvgIpc) is 2.78. The Morgan fingerprint density at radius 2 is 1.61 bits per heavy atom. The molecule has 8 aliphatic carbocycles. The van der Waals surface area contributed by atoms with Gasteiger partial charge in [0.1, 0.15) is 0 Å². The summed E-state index contributed by atoms with van der Waals surface area (Å²) in [5, 5.41) is 0. The summed E-state index contributed by atoms with van der Waals surface area (Å²) >= 11 is 0. The Morgan fingerprint density at radius 3 is 2.56 bits per heavy atom. The topological polar surface area (TPSA) is 0 Å². The fourth-order valence-electron chi connectivity index (χ4n) is 12.0. The van der Waals surface area contributed by atoms with E-state index < -0.39 is 0 Å². The van der Waals surface area contributed by atoms with Crippen LogP contribution in [0, 0.1) is 75.9 Å². The zero-order valence-electron chi connectivity index (χ0n) is 11.2. The molecule has 0 radical (unpaired) electrons. The van der Waals surface area contributed by atoms with Crippen LogP contribution in [-0.4, -0.2) is 0 Å². The Kier molecular flexibility index (Phi) is 0.838. The van der Waals surface area contributed by atoms with E-state index in [9.17, 15) is 0 Å². The minimum absolute atomic E-state index is 0.881. The van der Waals surface area contributed by atoms with Gasteiger partial charge in [-0.2, -0.15) is 0 Å². The van der Waals surface area contributed by atoms with Crippen molar-refractivity contribution in [1.82, 2.24) is 0 Å². The molecule has 13 atom stereocenters. The van der Waals surface area contributed by atoms with Crippen molar-refractivity contribution in [3.8, 4) is 0 Å². The van der Waals surface area contributed by atoms with Crippen LogP contribution in [0.3, 0.4) is 0 Å². The highest BCUT2D eigenvalue weighted by molar-refractivity contribution is 5.42. The molecule has 0 N–H and O–H groups in total. The maximum absolute atomic E-state index is 2.83. The third kappa shape index (κ3) is 0.407. The van der Waals surface area contributed by atoms with Gasteiger partial charge < -0.3 is 0 Å². The van der Waals surface area contributed by atoms with Crippen LogP contribution in [0.2, 0.25) is 0 Å². The standard InChI is InChI=1S/C18H22/c1-17-14-10-2-6-7-3-8-9-4-12(7)18(17,5-11(6)14)16(10)13(8)15(9)17/h6-16H,2-5H2,1H3. The molecule has 8 aliphatic rings. The summed E-state index contributed by atoms with van der Waals surface area (Å²) in [6.45, 7) is 2.83. The smallest absolute Gasteiger partial charge is 0.0170 e. The Bertz CT molecular complexity index is 550. The van der Waals surface area contributed by atoms with E-state index in [1.165, 1.54) is 65.1 Å². The van der Waals surface area contributed by atoms with E-state index in [4.69, 9.17) is 0 Å². The van der Waals surface area contributed by atoms with Crippen molar-refractivity contribution in [2.24, 2.45) is 75.9 Å². The van der Waals surface area contributed by atoms with E-state index in [1.807, 2.05) is 0 Å². The predicted molar refractivity (Wildman–Crippen MR) is 67.4 cm³/mol. The summed E-state index contributed by atoms with van der Waals surface area (Å²) in [7, 11) is 0. The van der Waals surface area contributed by atoms with Gasteiger partial charge in [-0.25, -0.2) is 0 Å². The van der Waals surface area contributed by atoms with Crippen molar-refractivity contribution in [2.75, 3.05) is 0 Å². The van der Waals surface area contributed by atoms with Gasteiger partial charge in [0.25, 0.3) is 0 Å². The normalized spacial score (nSPS) is 92.8. The molecule has 0 nitrogen and oxygen atoms in total. The van der Waals surface area contributed by atoms with Gasteiger partial charge in [0.2, 0.25) is 0 Å². The Morgan fingerprint density at radius 1 is 0.722 bits per heavy atom.